The van der Waals surface area contributed by atoms with Crippen LogP contribution in [0.2, 0.25) is 0 Å². The van der Waals surface area contributed by atoms with Gasteiger partial charge in [-0.3, -0.25) is 14.3 Å². The molecule has 11 heteroatoms. The number of hydrogen-bond acceptors (Lipinski definition) is 8. The summed E-state index contributed by atoms with van der Waals surface area (Å²) >= 11 is 0. The maximum absolute atomic E-state index is 12.5. The maximum atomic E-state index is 12.5. The number of nitrogens with one attached hydrogen (secondary N) is 1. The van der Waals surface area contributed by atoms with Gasteiger partial charge in [-0.1, -0.05) is 6.92 Å². The lowest BCUT2D eigenvalue weighted by atomic mass is 9.96. The highest BCUT2D eigenvalue weighted by Gasteiger charge is 2.63. The third kappa shape index (κ3) is 4.69. The van der Waals surface area contributed by atoms with E-state index in [2.05, 4.69) is 43.4 Å². The van der Waals surface area contributed by atoms with E-state index in [1.54, 1.807) is 6.92 Å². The van der Waals surface area contributed by atoms with Crippen molar-refractivity contribution in [2.24, 2.45) is 0 Å². The molecule has 1 aromatic heterocycles. The second-order valence-corrected chi connectivity index (χ2v) is 10.2. The van der Waals surface area contributed by atoms with Gasteiger partial charge in [-0.15, -0.1) is 0 Å². The smallest absolute Gasteiger partial charge is 0.330 e. The highest BCUT2D eigenvalue weighted by molar-refractivity contribution is 7.44. The Morgan fingerprint density at radius 1 is 1.38 bits per heavy atom. The molecule has 178 valence electrons. The molecule has 3 heterocycles. The van der Waals surface area contributed by atoms with E-state index in [1.165, 1.54) is 10.8 Å². The molecule has 2 aliphatic rings. The van der Waals surface area contributed by atoms with Crippen LogP contribution in [0.25, 0.3) is 0 Å². The quantitative estimate of drug-likeness (QED) is 0.411. The van der Waals surface area contributed by atoms with Crippen LogP contribution in [0.3, 0.4) is 0 Å². The molecule has 1 N–H and O–H groups in total. The Kier molecular flexibility index (Phi) is 7.92. The molecule has 1 aromatic rings. The van der Waals surface area contributed by atoms with Crippen LogP contribution in [0, 0.1) is 18.3 Å². The van der Waals surface area contributed by atoms with E-state index in [0.29, 0.717) is 18.6 Å². The predicted octanol–water partition coefficient (Wildman–Crippen LogP) is 2.58. The number of H-pyrrole nitrogens is 1. The third-order valence-corrected chi connectivity index (χ3v) is 7.97. The lowest BCUT2D eigenvalue weighted by Gasteiger charge is -2.38. The highest BCUT2D eigenvalue weighted by atomic mass is 31.2. The van der Waals surface area contributed by atoms with Gasteiger partial charge in [0.05, 0.1) is 25.7 Å². The monoisotopic (exact) mass is 468 g/mol. The maximum Gasteiger partial charge on any atom is 0.330 e. The number of hydrogen-bond donors (Lipinski definition) is 1. The van der Waals surface area contributed by atoms with Crippen molar-refractivity contribution in [2.45, 2.75) is 90.5 Å². The third-order valence-electron chi connectivity index (χ3n) is 5.86. The molecule has 0 spiro atoms. The molecule has 3 rings (SSSR count). The second-order valence-electron chi connectivity index (χ2n) is 8.75. The zero-order valence-corrected chi connectivity index (χ0v) is 20.4. The minimum absolute atomic E-state index is 0.155. The van der Waals surface area contributed by atoms with Crippen molar-refractivity contribution in [3.8, 4) is 6.07 Å². The number of nitrogens with zero attached hydrogens (tertiary/aromatic N) is 3. The minimum atomic E-state index is -1.51. The van der Waals surface area contributed by atoms with Crippen LogP contribution in [-0.2, 0) is 18.5 Å². The number of fused-ring (bicyclic) bond motifs is 2. The molecule has 2 bridgehead atoms. The number of nitriles is 1. The second kappa shape index (κ2) is 10.1. The fourth-order valence-corrected chi connectivity index (χ4v) is 6.08. The summed E-state index contributed by atoms with van der Waals surface area (Å²) < 4.78 is 28.6. The zero-order valence-electron chi connectivity index (χ0n) is 19.5. The van der Waals surface area contributed by atoms with Gasteiger partial charge in [-0.25, -0.2) is 9.46 Å². The fourth-order valence-electron chi connectivity index (χ4n) is 4.27. The number of aryl methyl sites for hydroxylation is 1. The summed E-state index contributed by atoms with van der Waals surface area (Å²) in [6, 6.07) is 2.41. The summed E-state index contributed by atoms with van der Waals surface area (Å²) in [6.07, 6.45) is 0.651. The summed E-state index contributed by atoms with van der Waals surface area (Å²) in [5, 5.41) is 8.95. The SMILES string of the molecule is CC[C@@]12CO[C@@H]([C@@H](n3cc(C)c(=O)[nH]c3=O)O1)[C@@H]2OP(OCCC#N)N(C(C)C)C(C)C. The van der Waals surface area contributed by atoms with Crippen molar-refractivity contribution in [3.05, 3.63) is 32.6 Å². The van der Waals surface area contributed by atoms with Crippen molar-refractivity contribution in [1.29, 1.82) is 5.26 Å². The van der Waals surface area contributed by atoms with E-state index in [-0.39, 0.29) is 25.1 Å². The average molecular weight is 468 g/mol. The predicted molar refractivity (Wildman–Crippen MR) is 119 cm³/mol. The van der Waals surface area contributed by atoms with Gasteiger partial charge in [0.25, 0.3) is 14.1 Å². The van der Waals surface area contributed by atoms with Crippen LogP contribution >= 0.6 is 8.53 Å². The summed E-state index contributed by atoms with van der Waals surface area (Å²) in [5.74, 6) is 0. The lowest BCUT2D eigenvalue weighted by molar-refractivity contribution is -0.175. The molecule has 2 fully saturated rings. The van der Waals surface area contributed by atoms with Gasteiger partial charge in [0.1, 0.15) is 17.8 Å². The fraction of sp³-hybridized carbons (Fsp3) is 0.762. The molecule has 10 nitrogen and oxygen atoms in total. The number of ether oxygens (including phenoxy) is 2. The van der Waals surface area contributed by atoms with Gasteiger partial charge < -0.3 is 18.5 Å². The van der Waals surface area contributed by atoms with Crippen LogP contribution in [0.15, 0.2) is 15.8 Å². The normalized spacial score (nSPS) is 28.1. The number of rotatable bonds is 10. The van der Waals surface area contributed by atoms with Crippen LogP contribution in [-0.4, -0.2) is 57.3 Å². The van der Waals surface area contributed by atoms with Crippen molar-refractivity contribution in [1.82, 2.24) is 14.2 Å². The molecule has 1 unspecified atom stereocenters. The first kappa shape index (κ1) is 25.0. The molecule has 0 aromatic carbocycles. The van der Waals surface area contributed by atoms with Gasteiger partial charge in [-0.2, -0.15) is 5.26 Å². The minimum Gasteiger partial charge on any atom is -0.368 e. The first-order valence-electron chi connectivity index (χ1n) is 11.0. The van der Waals surface area contributed by atoms with Crippen molar-refractivity contribution in [2.75, 3.05) is 13.2 Å². The Labute approximate surface area is 189 Å². The largest absolute Gasteiger partial charge is 0.368 e. The van der Waals surface area contributed by atoms with Crippen LogP contribution in [0.5, 0.6) is 0 Å². The van der Waals surface area contributed by atoms with E-state index in [9.17, 15) is 9.59 Å². The number of aromatic amines is 1. The van der Waals surface area contributed by atoms with Crippen LogP contribution < -0.4 is 11.2 Å². The molecule has 2 saturated heterocycles. The summed E-state index contributed by atoms with van der Waals surface area (Å²) in [4.78, 5) is 26.7. The van der Waals surface area contributed by atoms with Crippen molar-refractivity contribution >= 4 is 8.53 Å². The summed E-state index contributed by atoms with van der Waals surface area (Å²) in [5.41, 5.74) is -1.30. The first-order valence-corrected chi connectivity index (χ1v) is 12.1. The van der Waals surface area contributed by atoms with Crippen molar-refractivity contribution < 1.29 is 18.5 Å². The Bertz CT molecular complexity index is 949. The van der Waals surface area contributed by atoms with E-state index in [0.717, 1.165) is 0 Å². The van der Waals surface area contributed by atoms with Gasteiger partial charge >= 0.3 is 5.69 Å². The highest BCUT2D eigenvalue weighted by Crippen LogP contribution is 2.55. The Morgan fingerprint density at radius 2 is 2.06 bits per heavy atom. The lowest BCUT2D eigenvalue weighted by Crippen LogP contribution is -2.43. The number of aromatic nitrogens is 2. The molecule has 0 aliphatic carbocycles. The summed E-state index contributed by atoms with van der Waals surface area (Å²) in [7, 11) is -1.51. The molecule has 0 amide bonds. The Balaban J connectivity index is 1.93. The van der Waals surface area contributed by atoms with Crippen LogP contribution in [0.4, 0.5) is 0 Å². The molecule has 32 heavy (non-hydrogen) atoms. The van der Waals surface area contributed by atoms with Gasteiger partial charge in [0.15, 0.2) is 6.23 Å². The Hall–Kier alpha value is -1.60. The molecular formula is C21H33N4O6P. The van der Waals surface area contributed by atoms with E-state index >= 15 is 0 Å². The molecule has 2 aliphatic heterocycles. The first-order chi connectivity index (χ1) is 15.1. The van der Waals surface area contributed by atoms with Crippen LogP contribution in [0.1, 0.15) is 59.3 Å². The van der Waals surface area contributed by atoms with Gasteiger partial charge in [0, 0.05) is 23.8 Å². The molecule has 0 saturated carbocycles. The van der Waals surface area contributed by atoms with Gasteiger partial charge in [-0.05, 0) is 41.0 Å². The zero-order chi connectivity index (χ0) is 23.6. The van der Waals surface area contributed by atoms with Gasteiger partial charge in [0.2, 0.25) is 0 Å². The average Bonchev–Trinajstić information content (AvgIpc) is 3.22. The standard InChI is InChI=1S/C21H33N4O6P/c1-7-21-12-28-16(19(30-21)24-11-15(6)18(26)23-20(24)27)17(21)31-32(29-10-8-9-22)25(13(2)3)14(4)5/h11,13-14,16-17,19H,7-8,10,12H2,1-6H3,(H,23,26,27)/t16-,17+,19+,21+,32?/m1/s1. The molecular weight excluding hydrogens is 435 g/mol. The van der Waals surface area contributed by atoms with Crippen molar-refractivity contribution in [3.63, 3.8) is 0 Å². The van der Waals surface area contributed by atoms with E-state index in [4.69, 9.17) is 23.8 Å². The Morgan fingerprint density at radius 3 is 2.66 bits per heavy atom. The van der Waals surface area contributed by atoms with E-state index < -0.39 is 43.8 Å². The molecule has 0 radical (unpaired) electrons. The molecule has 5 atom stereocenters. The topological polar surface area (TPSA) is 119 Å². The summed E-state index contributed by atoms with van der Waals surface area (Å²) in [6.45, 7) is 12.5. The van der Waals surface area contributed by atoms with E-state index in [1.807, 2.05) is 6.92 Å².